The molecule has 416 valence electrons. The van der Waals surface area contributed by atoms with Crippen molar-refractivity contribution < 1.29 is 99.1 Å². The fraction of sp³-hybridized carbons (Fsp3) is 1.00. The van der Waals surface area contributed by atoms with Gasteiger partial charge in [0.05, 0.1) is 7.59 Å². The summed E-state index contributed by atoms with van der Waals surface area (Å²) < 4.78 is 170. The maximum Gasteiger partial charge on any atom is 0.645 e. The summed E-state index contributed by atoms with van der Waals surface area (Å²) in [4.78, 5) is 0. The van der Waals surface area contributed by atoms with E-state index in [4.69, 9.17) is 99.1 Å². The highest BCUT2D eigenvalue weighted by Crippen LogP contribution is 2.43. The first kappa shape index (κ1) is 64.2. The summed E-state index contributed by atoms with van der Waals surface area (Å²) in [6.45, 7) is 45.0. The lowest BCUT2D eigenvalue weighted by atomic mass is 11.7. The highest BCUT2D eigenvalue weighted by atomic mass is 29.3. The predicted molar refractivity (Wildman–Crippen MR) is 317 cm³/mol. The number of hydrogen-bond acceptors (Lipinski definition) is 24. The molecule has 6 heterocycles. The van der Waals surface area contributed by atoms with Crippen LogP contribution in [0.3, 0.4) is 0 Å². The monoisotopic (exact) mass is 1400 g/mol. The molecule has 6 rings (SSSR count). The fourth-order valence-corrected chi connectivity index (χ4v) is 129. The highest BCUT2D eigenvalue weighted by Gasteiger charge is 2.75. The van der Waals surface area contributed by atoms with Crippen molar-refractivity contribution in [3.8, 4) is 0 Å². The minimum atomic E-state index is -4.71. The molecule has 3 spiro atoms. The summed E-state index contributed by atoms with van der Waals surface area (Å²) in [7, 11) is -67.3. The van der Waals surface area contributed by atoms with Crippen LogP contribution in [0.1, 0.15) is 0 Å². The van der Waals surface area contributed by atoms with Crippen LogP contribution in [0.25, 0.3) is 0 Å². The smallest absolute Gasteiger partial charge is 0.442 e. The molecule has 0 aromatic carbocycles. The summed E-state index contributed by atoms with van der Waals surface area (Å²) in [6.07, 6.45) is 0.0446. The van der Waals surface area contributed by atoms with Crippen molar-refractivity contribution in [3.05, 3.63) is 0 Å². The average molecular weight is 1400 g/mol. The van der Waals surface area contributed by atoms with Gasteiger partial charge in [-0.15, -0.1) is 0 Å². The zero-order chi connectivity index (χ0) is 53.0. The van der Waals surface area contributed by atoms with E-state index in [-0.39, 0.29) is 6.23 Å². The Labute approximate surface area is 455 Å². The van der Waals surface area contributed by atoms with Gasteiger partial charge in [-0.2, -0.15) is 0 Å². The van der Waals surface area contributed by atoms with Crippen LogP contribution in [-0.2, 0) is 99.1 Å². The molecule has 47 heteroatoms. The number of hydrogen-bond donors (Lipinski definition) is 0. The minimum absolute atomic E-state index is 0.0446. The SMILES string of the molecule is C[SiH](C)O[SiH](C)O[SiH](C)[SiH]1O[SiH](C)O[Si]2(C)O[Si](C)(O[SiH](C)C)O[SiH]3O[Si]4(C)O[Si](O1)(O[SiH]([Si](C)(C)C)O[Si](C)(C)O[SiH](C)OC[Si]15O[SiH2]C[Si]3(O[SiH](O[SiH](C)O[Si](C)(C)C)O[SiH](O[Si](C)(C)O1)O5)O4)O2. The predicted octanol–water partition coefficient (Wildman–Crippen LogP) is -0.801. The zero-order valence-electron chi connectivity index (χ0n) is 45.8. The second kappa shape index (κ2) is 24.5. The molecule has 0 amide bonds. The van der Waals surface area contributed by atoms with Crippen molar-refractivity contribution >= 4 is 204 Å². The molecule has 7 bridgehead atoms. The Hall–Kier alpha value is 4.03. The summed E-state index contributed by atoms with van der Waals surface area (Å²) in [5.74, 6) is 0. The van der Waals surface area contributed by atoms with E-state index < -0.39 is 204 Å². The van der Waals surface area contributed by atoms with Gasteiger partial charge in [-0.3, -0.25) is 0 Å². The molecule has 71 heavy (non-hydrogen) atoms. The Morgan fingerprint density at radius 3 is 1.87 bits per heavy atom. The van der Waals surface area contributed by atoms with Crippen molar-refractivity contribution in [1.29, 1.82) is 0 Å². The van der Waals surface area contributed by atoms with Gasteiger partial charge < -0.3 is 99.1 Å². The summed E-state index contributed by atoms with van der Waals surface area (Å²) in [5.41, 5.74) is 0.321. The van der Waals surface area contributed by atoms with Gasteiger partial charge in [0.2, 0.25) is 8.56 Å². The van der Waals surface area contributed by atoms with Crippen LogP contribution in [0, 0.1) is 0 Å². The van der Waals surface area contributed by atoms with Crippen molar-refractivity contribution in [2.45, 2.75) is 150 Å². The lowest BCUT2D eigenvalue weighted by molar-refractivity contribution is 0.0593. The Bertz CT molecular complexity index is 1790. The Kier molecular flexibility index (Phi) is 22.1. The molecule has 0 radical (unpaired) electrons. The third-order valence-corrected chi connectivity index (χ3v) is 105. The molecule has 16 unspecified atom stereocenters. The molecule has 0 aromatic heterocycles. The summed E-state index contributed by atoms with van der Waals surface area (Å²) in [6, 6.07) is 0. The Morgan fingerprint density at radius 2 is 1.25 bits per heavy atom. The van der Waals surface area contributed by atoms with Crippen LogP contribution in [0.15, 0.2) is 0 Å². The highest BCUT2D eigenvalue weighted by molar-refractivity contribution is 7.32. The van der Waals surface area contributed by atoms with E-state index in [9.17, 15) is 0 Å². The van der Waals surface area contributed by atoms with Gasteiger partial charge in [0.1, 0.15) is 6.23 Å². The van der Waals surface area contributed by atoms with Crippen LogP contribution >= 0.6 is 0 Å². The summed E-state index contributed by atoms with van der Waals surface area (Å²) in [5, 5.41) is 0. The van der Waals surface area contributed by atoms with E-state index in [1.165, 1.54) is 0 Å². The van der Waals surface area contributed by atoms with Crippen LogP contribution in [0.2, 0.25) is 150 Å². The topological polar surface area (TPSA) is 222 Å². The first-order valence-corrected chi connectivity index (χ1v) is 78.4. The van der Waals surface area contributed by atoms with Gasteiger partial charge in [0.25, 0.3) is 27.4 Å². The number of rotatable bonds is 12. The van der Waals surface area contributed by atoms with Gasteiger partial charge in [-0.1, -0.05) is 19.6 Å². The first-order valence-electron chi connectivity index (χ1n) is 24.5. The quantitative estimate of drug-likeness (QED) is 0.218. The first-order chi connectivity index (χ1) is 32.3. The zero-order valence-corrected chi connectivity index (χ0v) is 71.1. The fourth-order valence-electron chi connectivity index (χ4n) is 8.38. The molecule has 6 saturated heterocycles. The van der Waals surface area contributed by atoms with Gasteiger partial charge >= 0.3 is 125 Å². The molecule has 6 aliphatic rings. The largest absolute Gasteiger partial charge is 0.645 e. The van der Waals surface area contributed by atoms with Gasteiger partial charge in [0, 0.05) is 25.3 Å². The molecular formula is C24H84O24Si23. The van der Waals surface area contributed by atoms with Crippen molar-refractivity contribution in [2.24, 2.45) is 0 Å². The van der Waals surface area contributed by atoms with E-state index in [0.29, 0.717) is 5.67 Å². The van der Waals surface area contributed by atoms with E-state index in [1.54, 1.807) is 0 Å². The average Bonchev–Trinajstić information content (AvgIpc) is 3.36. The second-order valence-corrected chi connectivity index (χ2v) is 99.3. The maximum atomic E-state index is 7.60. The van der Waals surface area contributed by atoms with E-state index in [2.05, 4.69) is 78.6 Å². The van der Waals surface area contributed by atoms with Gasteiger partial charge in [0.15, 0.2) is 36.2 Å². The van der Waals surface area contributed by atoms with E-state index >= 15 is 0 Å². The van der Waals surface area contributed by atoms with Crippen molar-refractivity contribution in [3.63, 3.8) is 0 Å². The molecular weight excluding hydrogens is 1320 g/mol. The third-order valence-electron chi connectivity index (χ3n) is 10.5. The summed E-state index contributed by atoms with van der Waals surface area (Å²) >= 11 is 0. The molecule has 0 aliphatic carbocycles. The van der Waals surface area contributed by atoms with Gasteiger partial charge in [-0.05, 0) is 105 Å². The number of fused-ring (bicyclic) bond motifs is 5. The van der Waals surface area contributed by atoms with E-state index in [1.807, 2.05) is 65.5 Å². The van der Waals surface area contributed by atoms with Crippen LogP contribution in [-0.4, -0.2) is 211 Å². The second-order valence-electron chi connectivity index (χ2n) is 22.1. The van der Waals surface area contributed by atoms with Crippen molar-refractivity contribution in [1.82, 2.24) is 0 Å². The van der Waals surface area contributed by atoms with Gasteiger partial charge in [-0.25, -0.2) is 0 Å². The Balaban J connectivity index is 1.61. The molecule has 6 fully saturated rings. The lowest BCUT2D eigenvalue weighted by Crippen LogP contribution is -2.74. The van der Waals surface area contributed by atoms with E-state index in [0.717, 1.165) is 0 Å². The Morgan fingerprint density at radius 1 is 0.592 bits per heavy atom. The molecule has 0 N–H and O–H groups in total. The molecule has 24 nitrogen and oxygen atoms in total. The molecule has 16 atom stereocenters. The molecule has 6 aliphatic heterocycles. The molecule has 0 saturated carbocycles. The maximum absolute atomic E-state index is 7.60. The normalized spacial score (nSPS) is 43.5. The molecule has 0 aromatic rings. The van der Waals surface area contributed by atoms with Crippen molar-refractivity contribution in [2.75, 3.05) is 6.23 Å². The van der Waals surface area contributed by atoms with Crippen LogP contribution in [0.5, 0.6) is 0 Å². The van der Waals surface area contributed by atoms with Crippen LogP contribution < -0.4 is 0 Å². The van der Waals surface area contributed by atoms with Crippen LogP contribution in [0.4, 0.5) is 0 Å². The third kappa shape index (κ3) is 18.5. The minimum Gasteiger partial charge on any atom is -0.442 e. The standard InChI is InChI=1S/C24H84O24Si23/c1-50(2)27-53(6)28-56(9)59-30-55(8)35-67(21)45-66(20,32-51(3)4)41-61-42-68(22)46-70(61)24-49-26-69(37-58(36-65(18,19)44-69)31-57(38-70)29-54(7)33-62(10,11)12)23-25-52(5)34-64(16,17)40-60(63(13,14)15)43-71(39-59,47-67)48-68/h50-61H,23-24,49H2,1-22H3. The lowest BCUT2D eigenvalue weighted by Gasteiger charge is -2.48.